The van der Waals surface area contributed by atoms with E-state index in [1.54, 1.807) is 29.2 Å². The summed E-state index contributed by atoms with van der Waals surface area (Å²) in [6, 6.07) is 16.9. The van der Waals surface area contributed by atoms with E-state index in [0.29, 0.717) is 17.8 Å². The lowest BCUT2D eigenvalue weighted by Gasteiger charge is -2.25. The molecule has 6 heteroatoms. The van der Waals surface area contributed by atoms with Gasteiger partial charge in [-0.15, -0.1) is 0 Å². The molecule has 2 fully saturated rings. The van der Waals surface area contributed by atoms with Crippen molar-refractivity contribution in [3.05, 3.63) is 65.7 Å². The molecule has 1 aliphatic heterocycles. The average molecular weight is 391 g/mol. The van der Waals surface area contributed by atoms with Gasteiger partial charge in [-0.25, -0.2) is 0 Å². The zero-order valence-corrected chi connectivity index (χ0v) is 16.4. The van der Waals surface area contributed by atoms with Gasteiger partial charge >= 0.3 is 0 Å². The van der Waals surface area contributed by atoms with Crippen LogP contribution in [0, 0.1) is 5.92 Å². The number of amides is 3. The lowest BCUT2D eigenvalue weighted by Crippen LogP contribution is -2.30. The molecular weight excluding hydrogens is 366 g/mol. The number of likely N-dealkylation sites (tertiary alicyclic amines) is 1. The van der Waals surface area contributed by atoms with E-state index in [-0.39, 0.29) is 36.2 Å². The van der Waals surface area contributed by atoms with Gasteiger partial charge in [0.1, 0.15) is 0 Å². The van der Waals surface area contributed by atoms with Crippen LogP contribution in [0.3, 0.4) is 0 Å². The molecule has 0 spiro atoms. The third-order valence-corrected chi connectivity index (χ3v) is 5.58. The number of rotatable bonds is 6. The average Bonchev–Trinajstić information content (AvgIpc) is 3.46. The second kappa shape index (κ2) is 8.07. The van der Waals surface area contributed by atoms with Gasteiger partial charge in [0, 0.05) is 30.3 Å². The number of hydrogen-bond donors (Lipinski definition) is 2. The summed E-state index contributed by atoms with van der Waals surface area (Å²) < 4.78 is 0. The fourth-order valence-electron chi connectivity index (χ4n) is 3.67. The SMILES string of the molecule is CC(c1ccccc1)N1CC(C(=O)Nc2cccc(C(=O)NC3CC3)c2)CC1=O. The first-order valence-corrected chi connectivity index (χ1v) is 10.1. The van der Waals surface area contributed by atoms with E-state index in [0.717, 1.165) is 18.4 Å². The van der Waals surface area contributed by atoms with Crippen LogP contribution in [0.1, 0.15) is 48.1 Å². The van der Waals surface area contributed by atoms with Crippen molar-refractivity contribution in [1.29, 1.82) is 0 Å². The van der Waals surface area contributed by atoms with Crippen LogP contribution in [-0.2, 0) is 9.59 Å². The van der Waals surface area contributed by atoms with Crippen molar-refractivity contribution in [3.63, 3.8) is 0 Å². The molecule has 2 N–H and O–H groups in total. The zero-order chi connectivity index (χ0) is 20.4. The van der Waals surface area contributed by atoms with Crippen LogP contribution in [0.25, 0.3) is 0 Å². The molecule has 4 rings (SSSR count). The molecule has 1 heterocycles. The molecule has 2 aliphatic rings. The van der Waals surface area contributed by atoms with Crippen LogP contribution in [0.2, 0.25) is 0 Å². The summed E-state index contributed by atoms with van der Waals surface area (Å²) in [6.07, 6.45) is 2.25. The van der Waals surface area contributed by atoms with Gasteiger partial charge in [-0.2, -0.15) is 0 Å². The molecule has 0 radical (unpaired) electrons. The molecule has 29 heavy (non-hydrogen) atoms. The normalized spacial score (nSPS) is 19.7. The fraction of sp³-hybridized carbons (Fsp3) is 0.348. The minimum absolute atomic E-state index is 0.0148. The summed E-state index contributed by atoms with van der Waals surface area (Å²) in [5.41, 5.74) is 2.15. The summed E-state index contributed by atoms with van der Waals surface area (Å²) in [7, 11) is 0. The van der Waals surface area contributed by atoms with Crippen molar-refractivity contribution in [2.45, 2.75) is 38.3 Å². The van der Waals surface area contributed by atoms with Crippen LogP contribution in [-0.4, -0.2) is 35.2 Å². The van der Waals surface area contributed by atoms with E-state index < -0.39 is 5.92 Å². The molecule has 0 aromatic heterocycles. The van der Waals surface area contributed by atoms with Gasteiger partial charge in [-0.05, 0) is 43.5 Å². The van der Waals surface area contributed by atoms with E-state index in [9.17, 15) is 14.4 Å². The van der Waals surface area contributed by atoms with Gasteiger partial charge < -0.3 is 15.5 Å². The third-order valence-electron chi connectivity index (χ3n) is 5.58. The predicted octanol–water partition coefficient (Wildman–Crippen LogP) is 3.13. The summed E-state index contributed by atoms with van der Waals surface area (Å²) in [6.45, 7) is 2.37. The van der Waals surface area contributed by atoms with Gasteiger partial charge in [0.2, 0.25) is 11.8 Å². The Balaban J connectivity index is 1.39. The van der Waals surface area contributed by atoms with Crippen LogP contribution >= 0.6 is 0 Å². The standard InChI is InChI=1S/C23H25N3O3/c1-15(16-6-3-2-4-7-16)26-14-18(13-21(26)27)23(29)25-20-9-5-8-17(12-20)22(28)24-19-10-11-19/h2-9,12,15,18-19H,10-11,13-14H2,1H3,(H,24,28)(H,25,29). The van der Waals surface area contributed by atoms with E-state index >= 15 is 0 Å². The van der Waals surface area contributed by atoms with Crippen LogP contribution in [0.15, 0.2) is 54.6 Å². The first-order valence-electron chi connectivity index (χ1n) is 10.1. The van der Waals surface area contributed by atoms with Crippen molar-refractivity contribution in [2.24, 2.45) is 5.92 Å². The maximum atomic E-state index is 12.7. The Kier molecular flexibility index (Phi) is 5.34. The number of nitrogens with one attached hydrogen (secondary N) is 2. The lowest BCUT2D eigenvalue weighted by atomic mass is 10.1. The highest BCUT2D eigenvalue weighted by atomic mass is 16.2. The minimum atomic E-state index is -0.405. The van der Waals surface area contributed by atoms with Gasteiger partial charge in [-0.3, -0.25) is 14.4 Å². The first-order chi connectivity index (χ1) is 14.0. The molecule has 1 saturated carbocycles. The predicted molar refractivity (Wildman–Crippen MR) is 110 cm³/mol. The van der Waals surface area contributed by atoms with E-state index in [4.69, 9.17) is 0 Å². The highest BCUT2D eigenvalue weighted by molar-refractivity contribution is 5.99. The molecule has 1 saturated heterocycles. The molecule has 2 atom stereocenters. The highest BCUT2D eigenvalue weighted by Crippen LogP contribution is 2.29. The van der Waals surface area contributed by atoms with Crippen LogP contribution in [0.4, 0.5) is 5.69 Å². The Morgan fingerprint density at radius 3 is 2.55 bits per heavy atom. The highest BCUT2D eigenvalue weighted by Gasteiger charge is 2.37. The van der Waals surface area contributed by atoms with E-state index in [1.807, 2.05) is 37.3 Å². The van der Waals surface area contributed by atoms with Crippen molar-refractivity contribution in [2.75, 3.05) is 11.9 Å². The quantitative estimate of drug-likeness (QED) is 0.794. The molecule has 0 bridgehead atoms. The Morgan fingerprint density at radius 2 is 1.83 bits per heavy atom. The lowest BCUT2D eigenvalue weighted by molar-refractivity contribution is -0.129. The number of benzene rings is 2. The van der Waals surface area contributed by atoms with E-state index in [1.165, 1.54) is 0 Å². The number of carbonyl (C=O) groups is 3. The Hall–Kier alpha value is -3.15. The smallest absolute Gasteiger partial charge is 0.251 e. The van der Waals surface area contributed by atoms with Crippen molar-refractivity contribution in [1.82, 2.24) is 10.2 Å². The summed E-state index contributed by atoms with van der Waals surface area (Å²) in [5, 5.41) is 5.81. The molecule has 150 valence electrons. The zero-order valence-electron chi connectivity index (χ0n) is 16.4. The van der Waals surface area contributed by atoms with Gasteiger partial charge in [0.15, 0.2) is 0 Å². The maximum absolute atomic E-state index is 12.7. The molecule has 1 aliphatic carbocycles. The summed E-state index contributed by atoms with van der Waals surface area (Å²) >= 11 is 0. The first kappa shape index (κ1) is 19.2. The Labute approximate surface area is 170 Å². The maximum Gasteiger partial charge on any atom is 0.251 e. The Bertz CT molecular complexity index is 924. The topological polar surface area (TPSA) is 78.5 Å². The Morgan fingerprint density at radius 1 is 1.07 bits per heavy atom. The van der Waals surface area contributed by atoms with Gasteiger partial charge in [0.25, 0.3) is 5.91 Å². The van der Waals surface area contributed by atoms with E-state index in [2.05, 4.69) is 10.6 Å². The molecule has 3 amide bonds. The van der Waals surface area contributed by atoms with Crippen molar-refractivity contribution < 1.29 is 14.4 Å². The van der Waals surface area contributed by atoms with Crippen molar-refractivity contribution in [3.8, 4) is 0 Å². The monoisotopic (exact) mass is 391 g/mol. The number of carbonyl (C=O) groups excluding carboxylic acids is 3. The second-order valence-corrected chi connectivity index (χ2v) is 7.85. The van der Waals surface area contributed by atoms with Crippen molar-refractivity contribution >= 4 is 23.4 Å². The number of hydrogen-bond acceptors (Lipinski definition) is 3. The van der Waals surface area contributed by atoms with Gasteiger partial charge in [0.05, 0.1) is 12.0 Å². The summed E-state index contributed by atoms with van der Waals surface area (Å²) in [4.78, 5) is 39.2. The second-order valence-electron chi connectivity index (χ2n) is 7.85. The third kappa shape index (κ3) is 4.47. The molecule has 6 nitrogen and oxygen atoms in total. The minimum Gasteiger partial charge on any atom is -0.349 e. The number of nitrogens with zero attached hydrogens (tertiary/aromatic N) is 1. The van der Waals surface area contributed by atoms with Crippen LogP contribution in [0.5, 0.6) is 0 Å². The largest absolute Gasteiger partial charge is 0.349 e. The summed E-state index contributed by atoms with van der Waals surface area (Å²) in [5.74, 6) is -0.736. The van der Waals surface area contributed by atoms with Gasteiger partial charge in [-0.1, -0.05) is 36.4 Å². The molecule has 2 aromatic rings. The number of anilines is 1. The molecule has 2 aromatic carbocycles. The molecule has 2 unspecified atom stereocenters. The van der Waals surface area contributed by atoms with Crippen LogP contribution < -0.4 is 10.6 Å². The molecular formula is C23H25N3O3. The fourth-order valence-corrected chi connectivity index (χ4v) is 3.67.